The lowest BCUT2D eigenvalue weighted by atomic mass is 10.1. The van der Waals surface area contributed by atoms with Gasteiger partial charge < -0.3 is 15.5 Å². The number of anilines is 1. The van der Waals surface area contributed by atoms with Gasteiger partial charge in [0.05, 0.1) is 13.1 Å². The third kappa shape index (κ3) is 7.53. The van der Waals surface area contributed by atoms with Crippen LogP contribution in [0.4, 0.5) is 5.69 Å². The molecule has 0 aliphatic heterocycles. The Hall–Kier alpha value is -3.19. The summed E-state index contributed by atoms with van der Waals surface area (Å²) in [5, 5.41) is 5.48. The van der Waals surface area contributed by atoms with Gasteiger partial charge in [-0.3, -0.25) is 19.3 Å². The van der Waals surface area contributed by atoms with Crippen LogP contribution in [0.25, 0.3) is 0 Å². The van der Waals surface area contributed by atoms with Crippen molar-refractivity contribution in [3.05, 3.63) is 65.2 Å². The lowest BCUT2D eigenvalue weighted by Crippen LogP contribution is -2.43. The van der Waals surface area contributed by atoms with E-state index in [-0.39, 0.29) is 30.8 Å². The molecular weight excluding hydrogens is 392 g/mol. The first-order chi connectivity index (χ1) is 14.8. The number of amides is 3. The number of para-hydroxylation sites is 1. The Morgan fingerprint density at radius 3 is 2.26 bits per heavy atom. The Morgan fingerprint density at radius 1 is 0.968 bits per heavy atom. The number of hydrogen-bond donors (Lipinski definition) is 2. The minimum Gasteiger partial charge on any atom is -0.355 e. The molecule has 3 amide bonds. The molecule has 31 heavy (non-hydrogen) atoms. The van der Waals surface area contributed by atoms with Crippen LogP contribution < -0.4 is 10.6 Å². The monoisotopic (exact) mass is 424 g/mol. The summed E-state index contributed by atoms with van der Waals surface area (Å²) in [5.41, 5.74) is 3.33. The molecule has 0 radical (unpaired) electrons. The molecule has 2 aromatic carbocycles. The van der Waals surface area contributed by atoms with Crippen LogP contribution in [0.3, 0.4) is 0 Å². The first kappa shape index (κ1) is 24.1. The van der Waals surface area contributed by atoms with E-state index in [0.717, 1.165) is 23.2 Å². The molecule has 0 aliphatic rings. The zero-order valence-electron chi connectivity index (χ0n) is 18.8. The molecule has 0 saturated heterocycles. The van der Waals surface area contributed by atoms with E-state index in [4.69, 9.17) is 0 Å². The van der Waals surface area contributed by atoms with Crippen molar-refractivity contribution in [2.24, 2.45) is 0 Å². The standard InChI is InChI=1S/C24H32N4O3/c1-5-14-28(16-22(29)26-21-9-7-6-8-18(21)2)23(30)17-27(4)15-19-10-12-20(13-11-19)24(31)25-3/h6-13H,5,14-17H2,1-4H3,(H,25,31)(H,26,29). The molecule has 2 aromatic rings. The number of nitrogens with zero attached hydrogens (tertiary/aromatic N) is 2. The lowest BCUT2D eigenvalue weighted by molar-refractivity contribution is -0.135. The normalized spacial score (nSPS) is 10.6. The van der Waals surface area contributed by atoms with Crippen LogP contribution >= 0.6 is 0 Å². The largest absolute Gasteiger partial charge is 0.355 e. The van der Waals surface area contributed by atoms with Gasteiger partial charge in [-0.1, -0.05) is 37.3 Å². The highest BCUT2D eigenvalue weighted by Gasteiger charge is 2.18. The summed E-state index contributed by atoms with van der Waals surface area (Å²) in [7, 11) is 3.46. The Labute approximate surface area is 184 Å². The van der Waals surface area contributed by atoms with Crippen molar-refractivity contribution >= 4 is 23.4 Å². The molecular formula is C24H32N4O3. The molecule has 0 fully saturated rings. The van der Waals surface area contributed by atoms with Gasteiger partial charge in [-0.2, -0.15) is 0 Å². The van der Waals surface area contributed by atoms with Crippen molar-refractivity contribution in [1.29, 1.82) is 0 Å². The van der Waals surface area contributed by atoms with Crippen LogP contribution in [-0.2, 0) is 16.1 Å². The molecule has 0 aromatic heterocycles. The van der Waals surface area contributed by atoms with E-state index in [9.17, 15) is 14.4 Å². The Kier molecular flexibility index (Phi) is 9.21. The van der Waals surface area contributed by atoms with Crippen molar-refractivity contribution in [2.75, 3.05) is 39.0 Å². The number of rotatable bonds is 10. The maximum absolute atomic E-state index is 12.8. The molecule has 2 N–H and O–H groups in total. The second kappa shape index (κ2) is 11.9. The van der Waals surface area contributed by atoms with Gasteiger partial charge in [-0.15, -0.1) is 0 Å². The van der Waals surface area contributed by atoms with Gasteiger partial charge in [0.1, 0.15) is 0 Å². The van der Waals surface area contributed by atoms with Gasteiger partial charge in [-0.05, 0) is 49.7 Å². The Bertz CT molecular complexity index is 896. The van der Waals surface area contributed by atoms with E-state index < -0.39 is 0 Å². The lowest BCUT2D eigenvalue weighted by Gasteiger charge is -2.25. The summed E-state index contributed by atoms with van der Waals surface area (Å²) in [6.07, 6.45) is 0.772. The summed E-state index contributed by atoms with van der Waals surface area (Å²) in [5.74, 6) is -0.427. The van der Waals surface area contributed by atoms with Crippen molar-refractivity contribution in [3.8, 4) is 0 Å². The highest BCUT2D eigenvalue weighted by molar-refractivity contribution is 5.95. The number of nitrogens with one attached hydrogen (secondary N) is 2. The average molecular weight is 425 g/mol. The maximum atomic E-state index is 12.8. The van der Waals surface area contributed by atoms with Gasteiger partial charge >= 0.3 is 0 Å². The number of benzene rings is 2. The third-order valence-electron chi connectivity index (χ3n) is 4.90. The van der Waals surface area contributed by atoms with Gasteiger partial charge in [0, 0.05) is 31.4 Å². The minimum atomic E-state index is -0.205. The first-order valence-electron chi connectivity index (χ1n) is 10.5. The van der Waals surface area contributed by atoms with Crippen molar-refractivity contribution < 1.29 is 14.4 Å². The molecule has 7 heteroatoms. The molecule has 0 heterocycles. The highest BCUT2D eigenvalue weighted by Crippen LogP contribution is 2.13. The summed E-state index contributed by atoms with van der Waals surface area (Å²) >= 11 is 0. The Morgan fingerprint density at radius 2 is 1.65 bits per heavy atom. The summed E-state index contributed by atoms with van der Waals surface area (Å²) in [4.78, 5) is 40.5. The van der Waals surface area contributed by atoms with E-state index >= 15 is 0 Å². The molecule has 0 spiro atoms. The van der Waals surface area contributed by atoms with Crippen LogP contribution in [0, 0.1) is 6.92 Å². The van der Waals surface area contributed by atoms with Gasteiger partial charge in [0.15, 0.2) is 0 Å². The molecule has 0 atom stereocenters. The molecule has 2 rings (SSSR count). The summed E-state index contributed by atoms with van der Waals surface area (Å²) < 4.78 is 0. The molecule has 0 unspecified atom stereocenters. The van der Waals surface area contributed by atoms with Crippen molar-refractivity contribution in [1.82, 2.24) is 15.1 Å². The molecule has 0 saturated carbocycles. The van der Waals surface area contributed by atoms with E-state index in [1.165, 1.54) is 0 Å². The molecule has 166 valence electrons. The fraction of sp³-hybridized carbons (Fsp3) is 0.375. The number of hydrogen-bond acceptors (Lipinski definition) is 4. The zero-order valence-corrected chi connectivity index (χ0v) is 18.8. The number of carbonyl (C=O) groups excluding carboxylic acids is 3. The zero-order chi connectivity index (χ0) is 22.8. The molecule has 7 nitrogen and oxygen atoms in total. The Balaban J connectivity index is 1.92. The van der Waals surface area contributed by atoms with Crippen LogP contribution in [0.5, 0.6) is 0 Å². The van der Waals surface area contributed by atoms with Crippen molar-refractivity contribution in [2.45, 2.75) is 26.8 Å². The number of carbonyl (C=O) groups is 3. The van der Waals surface area contributed by atoms with Crippen molar-refractivity contribution in [3.63, 3.8) is 0 Å². The minimum absolute atomic E-state index is 0.0235. The number of aryl methyl sites for hydroxylation is 1. The predicted octanol–water partition coefficient (Wildman–Crippen LogP) is 2.66. The summed E-state index contributed by atoms with van der Waals surface area (Å²) in [6.45, 7) is 5.23. The molecule has 0 bridgehead atoms. The SMILES string of the molecule is CCCN(CC(=O)Nc1ccccc1C)C(=O)CN(C)Cc1ccc(C(=O)NC)cc1. The second-order valence-electron chi connectivity index (χ2n) is 7.63. The molecule has 0 aliphatic carbocycles. The van der Waals surface area contributed by atoms with Gasteiger partial charge in [0.2, 0.25) is 11.8 Å². The van der Waals surface area contributed by atoms with E-state index in [1.807, 2.05) is 62.2 Å². The average Bonchev–Trinajstić information content (AvgIpc) is 2.75. The third-order valence-corrected chi connectivity index (χ3v) is 4.90. The van der Waals surface area contributed by atoms with Crippen LogP contribution in [0.1, 0.15) is 34.8 Å². The maximum Gasteiger partial charge on any atom is 0.251 e. The smallest absolute Gasteiger partial charge is 0.251 e. The van der Waals surface area contributed by atoms with Crippen LogP contribution in [-0.4, -0.2) is 61.3 Å². The fourth-order valence-electron chi connectivity index (χ4n) is 3.24. The van der Waals surface area contributed by atoms with Crippen LogP contribution in [0.2, 0.25) is 0 Å². The van der Waals surface area contributed by atoms with E-state index in [1.54, 1.807) is 24.1 Å². The quantitative estimate of drug-likeness (QED) is 0.614. The first-order valence-corrected chi connectivity index (χ1v) is 10.5. The summed E-state index contributed by atoms with van der Waals surface area (Å²) in [6, 6.07) is 14.9. The number of likely N-dealkylation sites (N-methyl/N-ethyl adjacent to an activating group) is 1. The van der Waals surface area contributed by atoms with E-state index in [2.05, 4.69) is 10.6 Å². The topological polar surface area (TPSA) is 81.8 Å². The highest BCUT2D eigenvalue weighted by atomic mass is 16.2. The fourth-order valence-corrected chi connectivity index (χ4v) is 3.24. The van der Waals surface area contributed by atoms with Crippen LogP contribution in [0.15, 0.2) is 48.5 Å². The second-order valence-corrected chi connectivity index (χ2v) is 7.63. The van der Waals surface area contributed by atoms with Gasteiger partial charge in [0.25, 0.3) is 5.91 Å². The predicted molar refractivity (Wildman–Crippen MR) is 123 cm³/mol. The van der Waals surface area contributed by atoms with E-state index in [0.29, 0.717) is 18.7 Å². The van der Waals surface area contributed by atoms with Gasteiger partial charge in [-0.25, -0.2) is 0 Å².